The molecule has 0 amide bonds. The molecule has 6 nitrogen and oxygen atoms in total. The third kappa shape index (κ3) is 3.65. The van der Waals surface area contributed by atoms with Gasteiger partial charge in [0.05, 0.1) is 5.69 Å². The molecule has 0 bridgehead atoms. The second kappa shape index (κ2) is 5.74. The second-order valence-electron chi connectivity index (χ2n) is 4.98. The first-order valence-electron chi connectivity index (χ1n) is 6.35. The Kier molecular flexibility index (Phi) is 4.44. The van der Waals surface area contributed by atoms with Crippen molar-refractivity contribution in [3.8, 4) is 0 Å². The van der Waals surface area contributed by atoms with Crippen molar-refractivity contribution in [3.05, 3.63) is 5.69 Å². The Hall–Kier alpha value is -0.700. The summed E-state index contributed by atoms with van der Waals surface area (Å²) in [5, 5.41) is 12.4. The maximum atomic E-state index is 11.4. The highest BCUT2D eigenvalue weighted by Crippen LogP contribution is 2.28. The molecule has 1 aliphatic heterocycles. The van der Waals surface area contributed by atoms with Gasteiger partial charge in [0.15, 0.2) is 9.34 Å². The smallest absolute Gasteiger partial charge is 0.249 e. The third-order valence-corrected chi connectivity index (χ3v) is 6.05. The van der Waals surface area contributed by atoms with Crippen molar-refractivity contribution in [1.29, 1.82) is 0 Å². The fourth-order valence-corrected chi connectivity index (χ4v) is 4.28. The van der Waals surface area contributed by atoms with Gasteiger partial charge in [0.2, 0.25) is 10.0 Å². The summed E-state index contributed by atoms with van der Waals surface area (Å²) in [6, 6.07) is 0.256. The van der Waals surface area contributed by atoms with Gasteiger partial charge in [-0.2, -0.15) is 0 Å². The van der Waals surface area contributed by atoms with Crippen molar-refractivity contribution in [3.63, 3.8) is 0 Å². The molecule has 0 spiro atoms. The second-order valence-corrected chi connectivity index (χ2v) is 7.73. The number of sulfonamides is 1. The average Bonchev–Trinajstić information content (AvgIpc) is 2.71. The predicted molar refractivity (Wildman–Crippen MR) is 76.9 cm³/mol. The lowest BCUT2D eigenvalue weighted by molar-refractivity contribution is 0.347. The Morgan fingerprint density at radius 3 is 2.84 bits per heavy atom. The first-order valence-corrected chi connectivity index (χ1v) is 8.71. The number of nitrogens with zero attached hydrogens (tertiary/aromatic N) is 1. The number of thiazole rings is 1. The highest BCUT2D eigenvalue weighted by molar-refractivity contribution is 7.91. The zero-order valence-electron chi connectivity index (χ0n) is 11.1. The minimum absolute atomic E-state index is 0.143. The molecule has 0 radical (unpaired) electrons. The summed E-state index contributed by atoms with van der Waals surface area (Å²) in [6.07, 6.45) is 2.35. The monoisotopic (exact) mass is 304 g/mol. The summed E-state index contributed by atoms with van der Waals surface area (Å²) in [4.78, 5) is 4.24. The minimum atomic E-state index is -3.67. The Bertz CT molecular complexity index is 535. The van der Waals surface area contributed by atoms with E-state index in [0.29, 0.717) is 16.7 Å². The number of aromatic nitrogens is 1. The van der Waals surface area contributed by atoms with Crippen LogP contribution in [-0.2, 0) is 10.0 Å². The van der Waals surface area contributed by atoms with Gasteiger partial charge in [0, 0.05) is 6.04 Å². The summed E-state index contributed by atoms with van der Waals surface area (Å²) >= 11 is 1.10. The highest BCUT2D eigenvalue weighted by atomic mass is 32.2. The molecule has 108 valence electrons. The van der Waals surface area contributed by atoms with E-state index in [1.165, 1.54) is 12.8 Å². The number of rotatable bonds is 4. The zero-order valence-corrected chi connectivity index (χ0v) is 12.8. The lowest BCUT2D eigenvalue weighted by Crippen LogP contribution is -2.38. The van der Waals surface area contributed by atoms with Crippen molar-refractivity contribution in [2.45, 2.75) is 36.9 Å². The first-order chi connectivity index (χ1) is 8.88. The number of hydrogen-bond acceptors (Lipinski definition) is 6. The molecule has 2 unspecified atom stereocenters. The van der Waals surface area contributed by atoms with Gasteiger partial charge in [0.1, 0.15) is 0 Å². The van der Waals surface area contributed by atoms with E-state index in [9.17, 15) is 8.42 Å². The highest BCUT2D eigenvalue weighted by Gasteiger charge is 2.22. The Labute approximate surface area is 117 Å². The van der Waals surface area contributed by atoms with Crippen LogP contribution in [0.5, 0.6) is 0 Å². The van der Waals surface area contributed by atoms with Crippen LogP contribution >= 0.6 is 11.3 Å². The number of primary sulfonamides is 1. The SMILES string of the molecule is Cc1nc(NC(C)C2CCCNC2)sc1S(N)(=O)=O. The molecule has 0 aromatic carbocycles. The summed E-state index contributed by atoms with van der Waals surface area (Å²) in [6.45, 7) is 5.83. The van der Waals surface area contributed by atoms with Gasteiger partial charge in [-0.15, -0.1) is 0 Å². The van der Waals surface area contributed by atoms with Crippen LogP contribution in [0.1, 0.15) is 25.5 Å². The van der Waals surface area contributed by atoms with Gasteiger partial charge in [-0.3, -0.25) is 0 Å². The number of piperidine rings is 1. The molecule has 1 aromatic heterocycles. The number of nitrogens with one attached hydrogen (secondary N) is 2. The molecule has 2 rings (SSSR count). The molecule has 2 atom stereocenters. The standard InChI is InChI=1S/C11H20N4O2S2/c1-7(9-4-3-5-13-6-9)14-11-15-8(2)10(18-11)19(12,16)17/h7,9,13H,3-6H2,1-2H3,(H,14,15)(H2,12,16,17). The van der Waals surface area contributed by atoms with Gasteiger partial charge in [-0.05, 0) is 45.7 Å². The molecule has 19 heavy (non-hydrogen) atoms. The molecule has 1 aliphatic rings. The van der Waals surface area contributed by atoms with Crippen molar-refractivity contribution >= 4 is 26.5 Å². The summed E-state index contributed by atoms with van der Waals surface area (Å²) in [5.74, 6) is 0.538. The van der Waals surface area contributed by atoms with E-state index in [2.05, 4.69) is 22.5 Å². The van der Waals surface area contributed by atoms with Gasteiger partial charge < -0.3 is 10.6 Å². The lowest BCUT2D eigenvalue weighted by Gasteiger charge is -2.28. The Morgan fingerprint density at radius 2 is 2.32 bits per heavy atom. The molecule has 2 heterocycles. The van der Waals surface area contributed by atoms with Crippen LogP contribution in [0.2, 0.25) is 0 Å². The number of nitrogens with two attached hydrogens (primary N) is 1. The summed E-state index contributed by atoms with van der Waals surface area (Å²) in [5.41, 5.74) is 0.462. The zero-order chi connectivity index (χ0) is 14.0. The van der Waals surface area contributed by atoms with Gasteiger partial charge in [0.25, 0.3) is 0 Å². The van der Waals surface area contributed by atoms with Crippen molar-refractivity contribution in [1.82, 2.24) is 10.3 Å². The molecule has 1 fully saturated rings. The predicted octanol–water partition coefficient (Wildman–Crippen LogP) is 0.899. The first kappa shape index (κ1) is 14.7. The van der Waals surface area contributed by atoms with Gasteiger partial charge in [-0.25, -0.2) is 18.5 Å². The van der Waals surface area contributed by atoms with E-state index < -0.39 is 10.0 Å². The molecule has 8 heteroatoms. The van der Waals surface area contributed by atoms with Crippen LogP contribution in [0.4, 0.5) is 5.13 Å². The third-order valence-electron chi connectivity index (χ3n) is 3.41. The number of aryl methyl sites for hydroxylation is 1. The number of hydrogen-bond donors (Lipinski definition) is 3. The fraction of sp³-hybridized carbons (Fsp3) is 0.727. The summed E-state index contributed by atoms with van der Waals surface area (Å²) in [7, 11) is -3.67. The van der Waals surface area contributed by atoms with Crippen LogP contribution < -0.4 is 15.8 Å². The molecule has 4 N–H and O–H groups in total. The van der Waals surface area contributed by atoms with Crippen molar-refractivity contribution in [2.75, 3.05) is 18.4 Å². The van der Waals surface area contributed by atoms with E-state index in [1.807, 2.05) is 0 Å². The maximum Gasteiger partial charge on any atom is 0.249 e. The van der Waals surface area contributed by atoms with Gasteiger partial charge >= 0.3 is 0 Å². The molecule has 0 saturated carbocycles. The van der Waals surface area contributed by atoms with Crippen LogP contribution in [0, 0.1) is 12.8 Å². The van der Waals surface area contributed by atoms with E-state index >= 15 is 0 Å². The minimum Gasteiger partial charge on any atom is -0.359 e. The van der Waals surface area contributed by atoms with Crippen LogP contribution in [0.15, 0.2) is 4.21 Å². The normalized spacial score (nSPS) is 22.2. The largest absolute Gasteiger partial charge is 0.359 e. The van der Waals surface area contributed by atoms with Crippen molar-refractivity contribution in [2.24, 2.45) is 11.1 Å². The Morgan fingerprint density at radius 1 is 1.58 bits per heavy atom. The van der Waals surface area contributed by atoms with Crippen LogP contribution in [0.25, 0.3) is 0 Å². The lowest BCUT2D eigenvalue weighted by atomic mass is 9.93. The average molecular weight is 304 g/mol. The van der Waals surface area contributed by atoms with E-state index in [0.717, 1.165) is 24.4 Å². The molecule has 1 aromatic rings. The molecular formula is C11H20N4O2S2. The topological polar surface area (TPSA) is 97.1 Å². The Balaban J connectivity index is 2.07. The van der Waals surface area contributed by atoms with E-state index in [1.54, 1.807) is 6.92 Å². The molecule has 1 saturated heterocycles. The quantitative estimate of drug-likeness (QED) is 0.768. The van der Waals surface area contributed by atoms with Crippen molar-refractivity contribution < 1.29 is 8.42 Å². The molecule has 0 aliphatic carbocycles. The van der Waals surface area contributed by atoms with Crippen LogP contribution in [0.3, 0.4) is 0 Å². The molecular weight excluding hydrogens is 284 g/mol. The van der Waals surface area contributed by atoms with Crippen LogP contribution in [-0.4, -0.2) is 32.5 Å². The summed E-state index contributed by atoms with van der Waals surface area (Å²) < 4.78 is 22.9. The van der Waals surface area contributed by atoms with E-state index in [-0.39, 0.29) is 10.3 Å². The van der Waals surface area contributed by atoms with E-state index in [4.69, 9.17) is 5.14 Å². The number of anilines is 1. The van der Waals surface area contributed by atoms with Gasteiger partial charge in [-0.1, -0.05) is 11.3 Å². The maximum absolute atomic E-state index is 11.4. The fourth-order valence-electron chi connectivity index (χ4n) is 2.33.